The topological polar surface area (TPSA) is 61.4 Å². The number of anilines is 2. The molecule has 2 amide bonds. The van der Waals surface area contributed by atoms with E-state index in [1.807, 2.05) is 0 Å². The van der Waals surface area contributed by atoms with Crippen molar-refractivity contribution in [3.63, 3.8) is 0 Å². The summed E-state index contributed by atoms with van der Waals surface area (Å²) in [5.41, 5.74) is -0.0572. The molecule has 2 rings (SSSR count). The lowest BCUT2D eigenvalue weighted by Crippen LogP contribution is -2.43. The molecule has 0 fully saturated rings. The fourth-order valence-corrected chi connectivity index (χ4v) is 2.36. The normalized spacial score (nSPS) is 12.0. The van der Waals surface area contributed by atoms with Crippen molar-refractivity contribution < 1.29 is 22.8 Å². The lowest BCUT2D eigenvalue weighted by Gasteiger charge is -2.23. The summed E-state index contributed by atoms with van der Waals surface area (Å²) in [6.45, 7) is 1.33. The Hall–Kier alpha value is -2.58. The van der Waals surface area contributed by atoms with E-state index in [1.54, 1.807) is 24.3 Å². The largest absolute Gasteiger partial charge is 0.324 e. The fourth-order valence-electron chi connectivity index (χ4n) is 2.18. The Kier molecular flexibility index (Phi) is 6.81. The smallest absolute Gasteiger partial charge is 0.241 e. The molecular formula is C18H17ClF3N3O2. The molecule has 0 unspecified atom stereocenters. The summed E-state index contributed by atoms with van der Waals surface area (Å²) >= 11 is 5.96. The Morgan fingerprint density at radius 3 is 2.37 bits per heavy atom. The molecule has 0 spiro atoms. The SMILES string of the molecule is C[C@@H](C(=O)Nc1ccc(F)c(F)c1F)N(C)CC(=O)Nc1ccccc1Cl. The molecule has 27 heavy (non-hydrogen) atoms. The van der Waals surface area contributed by atoms with Crippen molar-refractivity contribution in [3.8, 4) is 0 Å². The third-order valence-electron chi connectivity index (χ3n) is 3.87. The van der Waals surface area contributed by atoms with Gasteiger partial charge in [-0.2, -0.15) is 0 Å². The van der Waals surface area contributed by atoms with Crippen LogP contribution >= 0.6 is 11.6 Å². The van der Waals surface area contributed by atoms with E-state index >= 15 is 0 Å². The van der Waals surface area contributed by atoms with Crippen molar-refractivity contribution in [2.24, 2.45) is 0 Å². The predicted molar refractivity (Wildman–Crippen MR) is 97.1 cm³/mol. The van der Waals surface area contributed by atoms with Crippen LogP contribution in [-0.4, -0.2) is 36.3 Å². The highest BCUT2D eigenvalue weighted by atomic mass is 35.5. The van der Waals surface area contributed by atoms with E-state index < -0.39 is 41.0 Å². The molecule has 0 radical (unpaired) electrons. The highest BCUT2D eigenvalue weighted by molar-refractivity contribution is 6.33. The Bertz CT molecular complexity index is 864. The monoisotopic (exact) mass is 399 g/mol. The van der Waals surface area contributed by atoms with Gasteiger partial charge in [0.05, 0.1) is 29.0 Å². The standard InChI is InChI=1S/C18H17ClF3N3O2/c1-10(18(27)24-14-8-7-12(20)16(21)17(14)22)25(2)9-15(26)23-13-6-4-3-5-11(13)19/h3-8,10H,9H2,1-2H3,(H,23,26)(H,24,27)/t10-/m0/s1. The van der Waals surface area contributed by atoms with Crippen molar-refractivity contribution in [3.05, 3.63) is 58.9 Å². The zero-order valence-electron chi connectivity index (χ0n) is 14.5. The van der Waals surface area contributed by atoms with Gasteiger partial charge in [-0.1, -0.05) is 23.7 Å². The first-order valence-corrected chi connectivity index (χ1v) is 8.27. The quantitative estimate of drug-likeness (QED) is 0.729. The summed E-state index contributed by atoms with van der Waals surface area (Å²) < 4.78 is 39.8. The molecule has 0 aliphatic carbocycles. The summed E-state index contributed by atoms with van der Waals surface area (Å²) in [6, 6.07) is 7.44. The summed E-state index contributed by atoms with van der Waals surface area (Å²) in [5.74, 6) is -5.62. The van der Waals surface area contributed by atoms with Crippen molar-refractivity contribution in [2.45, 2.75) is 13.0 Å². The minimum atomic E-state index is -1.67. The van der Waals surface area contributed by atoms with Crippen LogP contribution in [0.1, 0.15) is 6.92 Å². The molecule has 0 aromatic heterocycles. The minimum absolute atomic E-state index is 0.153. The highest BCUT2D eigenvalue weighted by Gasteiger charge is 2.23. The van der Waals surface area contributed by atoms with Gasteiger partial charge in [0.25, 0.3) is 0 Å². The fraction of sp³-hybridized carbons (Fsp3) is 0.222. The molecule has 144 valence electrons. The average molecular weight is 400 g/mol. The van der Waals surface area contributed by atoms with Crippen molar-refractivity contribution >= 4 is 34.8 Å². The zero-order valence-corrected chi connectivity index (χ0v) is 15.3. The van der Waals surface area contributed by atoms with Crippen LogP contribution < -0.4 is 10.6 Å². The molecule has 1 atom stereocenters. The Morgan fingerprint density at radius 2 is 1.70 bits per heavy atom. The maximum absolute atomic E-state index is 13.7. The number of para-hydroxylation sites is 1. The Labute approximate surface area is 159 Å². The first kappa shape index (κ1) is 20.7. The Morgan fingerprint density at radius 1 is 1.04 bits per heavy atom. The molecule has 2 N–H and O–H groups in total. The number of nitrogens with one attached hydrogen (secondary N) is 2. The van der Waals surface area contributed by atoms with E-state index in [0.717, 1.165) is 6.07 Å². The second-order valence-electron chi connectivity index (χ2n) is 5.83. The van der Waals surface area contributed by atoms with Crippen LogP contribution in [0.4, 0.5) is 24.5 Å². The second kappa shape index (κ2) is 8.88. The van der Waals surface area contributed by atoms with E-state index in [-0.39, 0.29) is 6.54 Å². The van der Waals surface area contributed by atoms with Crippen molar-refractivity contribution in [1.29, 1.82) is 0 Å². The molecule has 0 saturated carbocycles. The minimum Gasteiger partial charge on any atom is -0.324 e. The van der Waals surface area contributed by atoms with Crippen LogP contribution in [0.25, 0.3) is 0 Å². The average Bonchev–Trinajstić information content (AvgIpc) is 2.63. The van der Waals surface area contributed by atoms with Crippen LogP contribution in [0, 0.1) is 17.5 Å². The number of carbonyl (C=O) groups excluding carboxylic acids is 2. The first-order valence-electron chi connectivity index (χ1n) is 7.89. The second-order valence-corrected chi connectivity index (χ2v) is 6.24. The zero-order chi connectivity index (χ0) is 20.1. The molecule has 0 aliphatic rings. The van der Waals surface area contributed by atoms with Gasteiger partial charge in [-0.05, 0) is 38.2 Å². The lowest BCUT2D eigenvalue weighted by molar-refractivity contribution is -0.122. The van der Waals surface area contributed by atoms with Crippen LogP contribution in [0.2, 0.25) is 5.02 Å². The van der Waals surface area contributed by atoms with Crippen LogP contribution in [0.5, 0.6) is 0 Å². The third kappa shape index (κ3) is 5.21. The number of carbonyl (C=O) groups is 2. The van der Waals surface area contributed by atoms with Gasteiger partial charge < -0.3 is 10.6 Å². The number of hydrogen-bond acceptors (Lipinski definition) is 3. The summed E-state index contributed by atoms with van der Waals surface area (Å²) in [5, 5.41) is 5.16. The van der Waals surface area contributed by atoms with E-state index in [9.17, 15) is 22.8 Å². The van der Waals surface area contributed by atoms with E-state index in [0.29, 0.717) is 16.8 Å². The summed E-state index contributed by atoms with van der Waals surface area (Å²) in [7, 11) is 1.51. The van der Waals surface area contributed by atoms with Gasteiger partial charge in [-0.15, -0.1) is 0 Å². The molecule has 5 nitrogen and oxygen atoms in total. The van der Waals surface area contributed by atoms with Crippen molar-refractivity contribution in [2.75, 3.05) is 24.2 Å². The van der Waals surface area contributed by atoms with E-state index in [4.69, 9.17) is 11.6 Å². The summed E-state index contributed by atoms with van der Waals surface area (Å²) in [4.78, 5) is 25.7. The lowest BCUT2D eigenvalue weighted by atomic mass is 10.2. The van der Waals surface area contributed by atoms with Crippen LogP contribution in [-0.2, 0) is 9.59 Å². The van der Waals surface area contributed by atoms with E-state index in [1.165, 1.54) is 18.9 Å². The molecule has 2 aromatic rings. The van der Waals surface area contributed by atoms with Gasteiger partial charge in [0.2, 0.25) is 11.8 Å². The maximum atomic E-state index is 13.7. The van der Waals surface area contributed by atoms with Gasteiger partial charge in [-0.25, -0.2) is 13.2 Å². The number of nitrogens with zero attached hydrogens (tertiary/aromatic N) is 1. The molecule has 2 aromatic carbocycles. The van der Waals surface area contributed by atoms with Crippen LogP contribution in [0.3, 0.4) is 0 Å². The number of likely N-dealkylation sites (N-methyl/N-ethyl adjacent to an activating group) is 1. The number of benzene rings is 2. The molecule has 9 heteroatoms. The highest BCUT2D eigenvalue weighted by Crippen LogP contribution is 2.21. The summed E-state index contributed by atoms with van der Waals surface area (Å²) in [6.07, 6.45) is 0. The number of rotatable bonds is 6. The molecule has 0 saturated heterocycles. The molecule has 0 aliphatic heterocycles. The van der Waals surface area contributed by atoms with Crippen LogP contribution in [0.15, 0.2) is 36.4 Å². The van der Waals surface area contributed by atoms with Crippen molar-refractivity contribution in [1.82, 2.24) is 4.90 Å². The number of amides is 2. The van der Waals surface area contributed by atoms with Gasteiger partial charge in [-0.3, -0.25) is 14.5 Å². The van der Waals surface area contributed by atoms with Gasteiger partial charge in [0, 0.05) is 0 Å². The predicted octanol–water partition coefficient (Wildman–Crippen LogP) is 3.65. The van der Waals surface area contributed by atoms with Gasteiger partial charge >= 0.3 is 0 Å². The van der Waals surface area contributed by atoms with Gasteiger partial charge in [0.1, 0.15) is 0 Å². The molecular weight excluding hydrogens is 383 g/mol. The van der Waals surface area contributed by atoms with Gasteiger partial charge in [0.15, 0.2) is 17.5 Å². The first-order chi connectivity index (χ1) is 12.7. The third-order valence-corrected chi connectivity index (χ3v) is 4.20. The number of hydrogen-bond donors (Lipinski definition) is 2. The molecule has 0 bridgehead atoms. The number of halogens is 4. The maximum Gasteiger partial charge on any atom is 0.241 e. The van der Waals surface area contributed by atoms with E-state index in [2.05, 4.69) is 10.6 Å². The molecule has 0 heterocycles. The Balaban J connectivity index is 1.97.